The lowest BCUT2D eigenvalue weighted by Gasteiger charge is -2.24. The minimum absolute atomic E-state index is 0.227. The van der Waals surface area contributed by atoms with E-state index in [1.807, 2.05) is 20.8 Å². The highest BCUT2D eigenvalue weighted by Gasteiger charge is 2.25. The predicted molar refractivity (Wildman–Crippen MR) is 67.9 cm³/mol. The molecule has 1 rings (SSSR count). The third-order valence-corrected chi connectivity index (χ3v) is 3.11. The van der Waals surface area contributed by atoms with Crippen molar-refractivity contribution in [3.05, 3.63) is 26.3 Å². The van der Waals surface area contributed by atoms with Gasteiger partial charge < -0.3 is 14.5 Å². The van der Waals surface area contributed by atoms with E-state index in [9.17, 15) is 4.79 Å². The quantitative estimate of drug-likeness (QED) is 0.903. The van der Waals surface area contributed by atoms with E-state index in [4.69, 9.17) is 9.47 Å². The number of aromatic amines is 1. The minimum atomic E-state index is -0.628. The van der Waals surface area contributed by atoms with E-state index in [2.05, 4.69) is 25.9 Å². The molecule has 0 saturated carbocycles. The van der Waals surface area contributed by atoms with Gasteiger partial charge in [0.2, 0.25) is 0 Å². The molecule has 0 spiro atoms. The number of hydrogen-bond acceptors (Lipinski definition) is 4. The van der Waals surface area contributed by atoms with Crippen molar-refractivity contribution in [2.24, 2.45) is 0 Å². The maximum absolute atomic E-state index is 11.7. The van der Waals surface area contributed by atoms with Crippen LogP contribution in [0.1, 0.15) is 32.3 Å². The normalized spacial score (nSPS) is 11.8. The molecule has 0 saturated heterocycles. The van der Waals surface area contributed by atoms with Gasteiger partial charge in [-0.3, -0.25) is 4.79 Å². The number of rotatable bonds is 5. The molecule has 0 aliphatic carbocycles. The summed E-state index contributed by atoms with van der Waals surface area (Å²) < 4.78 is 11.0. The number of ether oxygens (including phenoxy) is 2. The molecular weight excluding hydrogens is 288 g/mol. The van der Waals surface area contributed by atoms with E-state index < -0.39 is 5.60 Å². The zero-order valence-corrected chi connectivity index (χ0v) is 12.1. The SMILES string of the molecule is CCOC(C)(C)c1nc(COC)c(Br)c(=O)[nH]1. The lowest BCUT2D eigenvalue weighted by molar-refractivity contribution is -0.0213. The van der Waals surface area contributed by atoms with Crippen LogP contribution in [0.25, 0.3) is 0 Å². The van der Waals surface area contributed by atoms with Crippen molar-refractivity contribution >= 4 is 15.9 Å². The van der Waals surface area contributed by atoms with E-state index >= 15 is 0 Å². The van der Waals surface area contributed by atoms with Crippen molar-refractivity contribution in [3.63, 3.8) is 0 Å². The Kier molecular flexibility index (Phi) is 4.85. The fraction of sp³-hybridized carbons (Fsp3) is 0.636. The first-order chi connectivity index (χ1) is 7.92. The van der Waals surface area contributed by atoms with Gasteiger partial charge in [-0.25, -0.2) is 4.98 Å². The van der Waals surface area contributed by atoms with Crippen LogP contribution in [-0.4, -0.2) is 23.7 Å². The number of nitrogens with zero attached hydrogens (tertiary/aromatic N) is 1. The minimum Gasteiger partial charge on any atom is -0.378 e. The first-order valence-corrected chi connectivity index (χ1v) is 6.13. The Labute approximate surface area is 109 Å². The van der Waals surface area contributed by atoms with Crippen LogP contribution in [0.4, 0.5) is 0 Å². The molecule has 0 radical (unpaired) electrons. The van der Waals surface area contributed by atoms with Crippen molar-refractivity contribution in [3.8, 4) is 0 Å². The van der Waals surface area contributed by atoms with Crippen LogP contribution in [0.5, 0.6) is 0 Å². The van der Waals surface area contributed by atoms with Crippen LogP contribution in [0.2, 0.25) is 0 Å². The number of H-pyrrole nitrogens is 1. The van der Waals surface area contributed by atoms with Crippen molar-refractivity contribution in [1.29, 1.82) is 0 Å². The fourth-order valence-electron chi connectivity index (χ4n) is 1.45. The van der Waals surface area contributed by atoms with Gasteiger partial charge in [0, 0.05) is 13.7 Å². The lowest BCUT2D eigenvalue weighted by Crippen LogP contribution is -2.29. The number of methoxy groups -OCH3 is 1. The molecule has 0 bridgehead atoms. The van der Waals surface area contributed by atoms with Crippen molar-refractivity contribution in [1.82, 2.24) is 9.97 Å². The van der Waals surface area contributed by atoms with E-state index in [-0.39, 0.29) is 12.2 Å². The first kappa shape index (κ1) is 14.3. The predicted octanol–water partition coefficient (Wildman–Crippen LogP) is 1.95. The molecule has 1 aromatic heterocycles. The monoisotopic (exact) mass is 304 g/mol. The molecule has 17 heavy (non-hydrogen) atoms. The molecule has 0 aliphatic heterocycles. The smallest absolute Gasteiger partial charge is 0.265 e. The lowest BCUT2D eigenvalue weighted by atomic mass is 10.1. The first-order valence-electron chi connectivity index (χ1n) is 5.34. The molecule has 0 aliphatic rings. The summed E-state index contributed by atoms with van der Waals surface area (Å²) in [5.74, 6) is 0.500. The number of hydrogen-bond donors (Lipinski definition) is 1. The zero-order chi connectivity index (χ0) is 13.1. The summed E-state index contributed by atoms with van der Waals surface area (Å²) in [6.45, 7) is 6.44. The van der Waals surface area contributed by atoms with Crippen LogP contribution >= 0.6 is 15.9 Å². The highest BCUT2D eigenvalue weighted by Crippen LogP contribution is 2.21. The molecule has 1 N–H and O–H groups in total. The summed E-state index contributed by atoms with van der Waals surface area (Å²) in [6, 6.07) is 0. The van der Waals surface area contributed by atoms with E-state index in [0.29, 0.717) is 22.6 Å². The van der Waals surface area contributed by atoms with Gasteiger partial charge in [-0.1, -0.05) is 0 Å². The summed E-state index contributed by atoms with van der Waals surface area (Å²) >= 11 is 3.19. The van der Waals surface area contributed by atoms with Crippen molar-refractivity contribution < 1.29 is 9.47 Å². The van der Waals surface area contributed by atoms with Crippen LogP contribution in [-0.2, 0) is 21.7 Å². The molecule has 0 amide bonds. The summed E-state index contributed by atoms with van der Waals surface area (Å²) in [6.07, 6.45) is 0. The Morgan fingerprint density at radius 1 is 1.47 bits per heavy atom. The standard InChI is InChI=1S/C11H17BrN2O3/c1-5-17-11(2,3)10-13-7(6-16-4)8(12)9(15)14-10/h5-6H2,1-4H3,(H,13,14,15). The molecule has 96 valence electrons. The average Bonchev–Trinajstić information content (AvgIpc) is 2.24. The number of nitrogens with one attached hydrogen (secondary N) is 1. The Morgan fingerprint density at radius 2 is 2.12 bits per heavy atom. The molecule has 0 aromatic carbocycles. The molecule has 1 heterocycles. The summed E-state index contributed by atoms with van der Waals surface area (Å²) in [4.78, 5) is 18.8. The topological polar surface area (TPSA) is 64.2 Å². The maximum Gasteiger partial charge on any atom is 0.265 e. The van der Waals surface area contributed by atoms with Gasteiger partial charge in [0.05, 0.1) is 12.3 Å². The second kappa shape index (κ2) is 5.75. The molecule has 0 unspecified atom stereocenters. The maximum atomic E-state index is 11.7. The van der Waals surface area contributed by atoms with E-state index in [1.54, 1.807) is 7.11 Å². The second-order valence-electron chi connectivity index (χ2n) is 4.05. The van der Waals surface area contributed by atoms with E-state index in [0.717, 1.165) is 0 Å². The second-order valence-corrected chi connectivity index (χ2v) is 4.84. The van der Waals surface area contributed by atoms with Crippen LogP contribution in [0.15, 0.2) is 9.27 Å². The summed E-state index contributed by atoms with van der Waals surface area (Å²) in [5, 5.41) is 0. The Bertz CT molecular complexity index is 443. The third kappa shape index (κ3) is 3.37. The summed E-state index contributed by atoms with van der Waals surface area (Å²) in [5.41, 5.74) is -0.286. The van der Waals surface area contributed by atoms with Crippen LogP contribution in [0.3, 0.4) is 0 Å². The largest absolute Gasteiger partial charge is 0.378 e. The van der Waals surface area contributed by atoms with E-state index in [1.165, 1.54) is 0 Å². The molecule has 6 heteroatoms. The fourth-order valence-corrected chi connectivity index (χ4v) is 1.75. The third-order valence-electron chi connectivity index (χ3n) is 2.29. The van der Waals surface area contributed by atoms with Crippen LogP contribution in [0, 0.1) is 0 Å². The van der Waals surface area contributed by atoms with Gasteiger partial charge in [0.25, 0.3) is 5.56 Å². The zero-order valence-electron chi connectivity index (χ0n) is 10.5. The van der Waals surface area contributed by atoms with Gasteiger partial charge in [-0.2, -0.15) is 0 Å². The summed E-state index contributed by atoms with van der Waals surface area (Å²) in [7, 11) is 1.56. The van der Waals surface area contributed by atoms with Crippen LogP contribution < -0.4 is 5.56 Å². The van der Waals surface area contributed by atoms with Gasteiger partial charge >= 0.3 is 0 Å². The highest BCUT2D eigenvalue weighted by molar-refractivity contribution is 9.10. The highest BCUT2D eigenvalue weighted by atomic mass is 79.9. The Hall–Kier alpha value is -0.720. The number of aromatic nitrogens is 2. The van der Waals surface area contributed by atoms with Gasteiger partial charge in [-0.15, -0.1) is 0 Å². The average molecular weight is 305 g/mol. The molecule has 1 aromatic rings. The molecule has 0 fully saturated rings. The Morgan fingerprint density at radius 3 is 2.65 bits per heavy atom. The molecular formula is C11H17BrN2O3. The van der Waals surface area contributed by atoms with Gasteiger partial charge in [-0.05, 0) is 36.7 Å². The van der Waals surface area contributed by atoms with Crippen molar-refractivity contribution in [2.75, 3.05) is 13.7 Å². The Balaban J connectivity index is 3.22. The molecule has 0 atom stereocenters. The van der Waals surface area contributed by atoms with Gasteiger partial charge in [0.15, 0.2) is 0 Å². The molecule has 5 nitrogen and oxygen atoms in total. The number of halogens is 1. The van der Waals surface area contributed by atoms with Gasteiger partial charge in [0.1, 0.15) is 15.9 Å². The van der Waals surface area contributed by atoms with Crippen molar-refractivity contribution in [2.45, 2.75) is 33.0 Å².